The Morgan fingerprint density at radius 3 is 2.57 bits per heavy atom. The van der Waals surface area contributed by atoms with Gasteiger partial charge in [-0.25, -0.2) is 0 Å². The van der Waals surface area contributed by atoms with Crippen LogP contribution in [0.5, 0.6) is 0 Å². The summed E-state index contributed by atoms with van der Waals surface area (Å²) in [6.45, 7) is 3.77. The Labute approximate surface area is 208 Å². The van der Waals surface area contributed by atoms with Gasteiger partial charge in [0.25, 0.3) is 0 Å². The van der Waals surface area contributed by atoms with Crippen LogP contribution in [0.15, 0.2) is 11.6 Å². The van der Waals surface area contributed by atoms with Gasteiger partial charge in [0.15, 0.2) is 12.4 Å². The van der Waals surface area contributed by atoms with Gasteiger partial charge in [-0.05, 0) is 80.1 Å². The van der Waals surface area contributed by atoms with Crippen molar-refractivity contribution in [2.24, 2.45) is 34.5 Å². The first-order valence-corrected chi connectivity index (χ1v) is 13.9. The van der Waals surface area contributed by atoms with Gasteiger partial charge in [0.1, 0.15) is 5.60 Å². The Morgan fingerprint density at radius 1 is 1.09 bits per heavy atom. The fourth-order valence-electron chi connectivity index (χ4n) is 9.11. The molecule has 194 valence electrons. The minimum Gasteiger partial charge on any atom is -0.458 e. The van der Waals surface area contributed by atoms with E-state index >= 15 is 0 Å². The van der Waals surface area contributed by atoms with E-state index in [1.165, 1.54) is 31.3 Å². The quantitative estimate of drug-likeness (QED) is 0.543. The molecule has 0 heterocycles. The van der Waals surface area contributed by atoms with Crippen molar-refractivity contribution in [3.8, 4) is 0 Å². The topological polar surface area (TPSA) is 101 Å². The van der Waals surface area contributed by atoms with Crippen LogP contribution in [0.1, 0.15) is 97.3 Å². The standard InChI is InChI=1S/C29H42O6/c1-27-13-11-20(30)15-19(27)8-9-21-22-12-14-29(34,28(22,2)16-23(31)26(21)27)24(32)17-35-25(33)10-7-18-5-3-4-6-18/h15,18,21-23,26,31,34H,3-14,16-17H2,1-2H3/t21?,22?,23?,26?,27?,28?,29-/m0/s1. The van der Waals surface area contributed by atoms with Crippen molar-refractivity contribution in [3.63, 3.8) is 0 Å². The van der Waals surface area contributed by atoms with Crippen molar-refractivity contribution in [3.05, 3.63) is 11.6 Å². The molecule has 2 N–H and O–H groups in total. The number of allylic oxidation sites excluding steroid dienone is 1. The van der Waals surface area contributed by atoms with Crippen molar-refractivity contribution in [1.82, 2.24) is 0 Å². The highest BCUT2D eigenvalue weighted by Crippen LogP contribution is 2.67. The lowest BCUT2D eigenvalue weighted by Gasteiger charge is -2.60. The second-order valence-electron chi connectivity index (χ2n) is 12.7. The fourth-order valence-corrected chi connectivity index (χ4v) is 9.11. The van der Waals surface area contributed by atoms with Crippen molar-refractivity contribution >= 4 is 17.5 Å². The molecule has 6 unspecified atom stereocenters. The van der Waals surface area contributed by atoms with Gasteiger partial charge in [-0.1, -0.05) is 45.1 Å². The Bertz CT molecular complexity index is 918. The minimum atomic E-state index is -1.59. The lowest BCUT2D eigenvalue weighted by molar-refractivity contribution is -0.184. The molecular weight excluding hydrogens is 444 g/mol. The number of rotatable bonds is 6. The molecule has 6 heteroatoms. The maximum Gasteiger partial charge on any atom is 0.306 e. The lowest BCUT2D eigenvalue weighted by Crippen LogP contribution is -2.62. The summed E-state index contributed by atoms with van der Waals surface area (Å²) in [6, 6.07) is 0. The molecule has 4 saturated carbocycles. The molecule has 0 aromatic heterocycles. The van der Waals surface area contributed by atoms with Gasteiger partial charge in [-0.15, -0.1) is 0 Å². The van der Waals surface area contributed by atoms with E-state index in [0.717, 1.165) is 32.1 Å². The summed E-state index contributed by atoms with van der Waals surface area (Å²) in [5.74, 6) is 0.360. The van der Waals surface area contributed by atoms with E-state index in [2.05, 4.69) is 6.92 Å². The molecule has 0 saturated heterocycles. The van der Waals surface area contributed by atoms with Crippen LogP contribution in [-0.4, -0.2) is 46.1 Å². The average Bonchev–Trinajstić information content (AvgIpc) is 3.43. The first-order valence-electron chi connectivity index (χ1n) is 13.9. The third kappa shape index (κ3) is 4.03. The van der Waals surface area contributed by atoms with Crippen LogP contribution in [-0.2, 0) is 19.1 Å². The van der Waals surface area contributed by atoms with Gasteiger partial charge in [-0.2, -0.15) is 0 Å². The van der Waals surface area contributed by atoms with Gasteiger partial charge < -0.3 is 14.9 Å². The Hall–Kier alpha value is -1.53. The molecule has 0 radical (unpaired) electrons. The van der Waals surface area contributed by atoms with Gasteiger partial charge in [-0.3, -0.25) is 14.4 Å². The summed E-state index contributed by atoms with van der Waals surface area (Å²) in [7, 11) is 0. The van der Waals surface area contributed by atoms with Crippen LogP contribution in [0.4, 0.5) is 0 Å². The first-order chi connectivity index (χ1) is 16.6. The molecule has 35 heavy (non-hydrogen) atoms. The predicted octanol–water partition coefficient (Wildman–Crippen LogP) is 4.30. The molecule has 0 aliphatic heterocycles. The van der Waals surface area contributed by atoms with E-state index in [0.29, 0.717) is 31.6 Å². The fraction of sp³-hybridized carbons (Fsp3) is 0.828. The van der Waals surface area contributed by atoms with Crippen LogP contribution in [0, 0.1) is 34.5 Å². The van der Waals surface area contributed by atoms with Gasteiger partial charge in [0.2, 0.25) is 5.78 Å². The molecule has 5 rings (SSSR count). The van der Waals surface area contributed by atoms with E-state index < -0.39 is 22.9 Å². The summed E-state index contributed by atoms with van der Waals surface area (Å²) in [6.07, 6.45) is 11.5. The van der Waals surface area contributed by atoms with E-state index in [1.54, 1.807) is 0 Å². The molecule has 5 aliphatic rings. The van der Waals surface area contributed by atoms with E-state index in [1.807, 2.05) is 13.0 Å². The lowest BCUT2D eigenvalue weighted by atomic mass is 9.45. The smallest absolute Gasteiger partial charge is 0.306 e. The highest BCUT2D eigenvalue weighted by atomic mass is 16.5. The van der Waals surface area contributed by atoms with Crippen LogP contribution in [0.3, 0.4) is 0 Å². The number of aliphatic hydroxyl groups excluding tert-OH is 1. The van der Waals surface area contributed by atoms with Gasteiger partial charge >= 0.3 is 5.97 Å². The Balaban J connectivity index is 1.28. The van der Waals surface area contributed by atoms with Crippen LogP contribution in [0.2, 0.25) is 0 Å². The highest BCUT2D eigenvalue weighted by Gasteiger charge is 2.68. The zero-order valence-electron chi connectivity index (χ0n) is 21.4. The number of fused-ring (bicyclic) bond motifs is 5. The zero-order valence-corrected chi connectivity index (χ0v) is 21.4. The Morgan fingerprint density at radius 2 is 1.83 bits per heavy atom. The molecule has 4 fully saturated rings. The molecule has 0 aromatic carbocycles. The molecule has 0 amide bonds. The van der Waals surface area contributed by atoms with Crippen LogP contribution >= 0.6 is 0 Å². The molecule has 0 aromatic rings. The monoisotopic (exact) mass is 486 g/mol. The average molecular weight is 487 g/mol. The molecule has 7 atom stereocenters. The zero-order chi connectivity index (χ0) is 25.0. The maximum absolute atomic E-state index is 13.3. The Kier molecular flexibility index (Phi) is 6.53. The number of Topliss-reactive ketones (excluding diaryl/α,β-unsaturated/α-hetero) is 1. The maximum atomic E-state index is 13.3. The molecular formula is C29H42O6. The van der Waals surface area contributed by atoms with Gasteiger partial charge in [0.05, 0.1) is 6.10 Å². The van der Waals surface area contributed by atoms with E-state index in [9.17, 15) is 24.6 Å². The summed E-state index contributed by atoms with van der Waals surface area (Å²) in [5, 5.41) is 23.2. The summed E-state index contributed by atoms with van der Waals surface area (Å²) < 4.78 is 5.35. The number of hydrogen-bond donors (Lipinski definition) is 2. The number of carbonyl (C=O) groups excluding carboxylic acids is 3. The second-order valence-corrected chi connectivity index (χ2v) is 12.7. The first kappa shape index (κ1) is 25.1. The molecule has 0 spiro atoms. The summed E-state index contributed by atoms with van der Waals surface area (Å²) >= 11 is 0. The second kappa shape index (κ2) is 9.09. The summed E-state index contributed by atoms with van der Waals surface area (Å²) in [4.78, 5) is 37.7. The predicted molar refractivity (Wildman–Crippen MR) is 130 cm³/mol. The number of aliphatic hydroxyl groups is 2. The largest absolute Gasteiger partial charge is 0.458 e. The normalized spacial score (nSPS) is 43.2. The molecule has 5 aliphatic carbocycles. The van der Waals surface area contributed by atoms with Crippen molar-refractivity contribution in [2.75, 3.05) is 6.61 Å². The minimum absolute atomic E-state index is 0.0412. The third-order valence-corrected chi connectivity index (χ3v) is 11.1. The summed E-state index contributed by atoms with van der Waals surface area (Å²) in [5.41, 5.74) is -1.36. The number of ether oxygens (including phenoxy) is 1. The van der Waals surface area contributed by atoms with Crippen LogP contribution in [0.25, 0.3) is 0 Å². The van der Waals surface area contributed by atoms with Crippen LogP contribution < -0.4 is 0 Å². The van der Waals surface area contributed by atoms with E-state index in [-0.39, 0.29) is 41.5 Å². The number of ketones is 2. The van der Waals surface area contributed by atoms with E-state index in [4.69, 9.17) is 4.74 Å². The van der Waals surface area contributed by atoms with Gasteiger partial charge in [0, 0.05) is 18.3 Å². The number of carbonyl (C=O) groups is 3. The van der Waals surface area contributed by atoms with Crippen molar-refractivity contribution < 1.29 is 29.3 Å². The molecule has 6 nitrogen and oxygen atoms in total. The SMILES string of the molecule is CC12CCC(=O)C=C1CCC1C2C(O)CC2(C)C1CC[C@]2(O)C(=O)COC(=O)CCC1CCCC1. The molecule has 0 bridgehead atoms. The highest BCUT2D eigenvalue weighted by molar-refractivity contribution is 5.92. The number of hydrogen-bond acceptors (Lipinski definition) is 6. The van der Waals surface area contributed by atoms with Crippen molar-refractivity contribution in [2.45, 2.75) is 109 Å². The van der Waals surface area contributed by atoms with Crippen molar-refractivity contribution in [1.29, 1.82) is 0 Å². The third-order valence-electron chi connectivity index (χ3n) is 11.1. The number of esters is 1.